The van der Waals surface area contributed by atoms with Crippen molar-refractivity contribution < 1.29 is 62.3 Å². The Morgan fingerprint density at radius 3 is 1.31 bits per heavy atom. The van der Waals surface area contributed by atoms with Gasteiger partial charge in [-0.25, -0.2) is 22.6 Å². The molecule has 0 saturated carbocycles. The van der Waals surface area contributed by atoms with E-state index in [2.05, 4.69) is 83.6 Å². The molecule has 7 aliphatic heterocycles. The number of H-pyrrole nitrogens is 1. The molecule has 1 unspecified atom stereocenters. The SMILES string of the molecule is Cc1ccc(Oc2ccc3c(c2)B(O)CC3)cc1.Cl.O=S(=O)(c1ccc(Cl)cc1)c1ccc2c(c1)B(O)CC2.O=S(c1ccc(Cl)cc1)c1ccc2c(c1)B(O)CC2.OB1CCc2ccc(Sc3cc[nH+]cc3)cc21.OB1CCc2ccc(Sc3ccc(Cl)cc3)cc21.OB1CCc2ccc(Sc3ccccn3)cc21.OB1CCc2cccc(OCc3ccccc3)c21. The number of fused-ring (bicyclic) bond motifs is 7. The summed E-state index contributed by atoms with van der Waals surface area (Å²) in [6.45, 7) is 0.0744. The molecule has 30 heteroatoms. The summed E-state index contributed by atoms with van der Waals surface area (Å²) in [7, 11) is -4.80. The maximum atomic E-state index is 12.5. The fourth-order valence-electron chi connectivity index (χ4n) is 16.3. The van der Waals surface area contributed by atoms with E-state index in [1.807, 2.05) is 164 Å². The molecule has 2 aromatic heterocycles. The molecule has 0 amide bonds. The minimum atomic E-state index is -3.57. The first-order valence-electron chi connectivity index (χ1n) is 42.5. The highest BCUT2D eigenvalue weighted by Crippen LogP contribution is 2.34. The largest absolute Gasteiger partial charge is 0.489 e. The van der Waals surface area contributed by atoms with E-state index >= 15 is 0 Å². The van der Waals surface area contributed by atoms with Gasteiger partial charge in [-0.15, -0.1) is 12.4 Å². The van der Waals surface area contributed by atoms with E-state index in [-0.39, 0.29) is 56.8 Å². The number of hydrogen-bond donors (Lipinski definition) is 7. The third kappa shape index (κ3) is 25.0. The molecule has 0 aliphatic carbocycles. The van der Waals surface area contributed by atoms with Gasteiger partial charge in [0.05, 0.1) is 20.6 Å². The van der Waals surface area contributed by atoms with Crippen LogP contribution in [-0.2, 0) is 72.2 Å². The van der Waals surface area contributed by atoms with Crippen molar-refractivity contribution in [3.63, 3.8) is 0 Å². The van der Waals surface area contributed by atoms with Gasteiger partial charge >= 0.3 is 48.4 Å². The molecular weight excluding hydrogens is 1770 g/mol. The molecule has 0 saturated heterocycles. The average molecular weight is 1870 g/mol. The van der Waals surface area contributed by atoms with E-state index in [1.54, 1.807) is 96.1 Å². The molecular formula is C98H92B7Cl4N2O12S5+. The van der Waals surface area contributed by atoms with Crippen LogP contribution in [0.15, 0.2) is 353 Å². The maximum Gasteiger partial charge on any atom is 0.328 e. The third-order valence-electron chi connectivity index (χ3n) is 23.2. The number of benzene rings is 12. The van der Waals surface area contributed by atoms with E-state index in [1.165, 1.54) is 55.3 Å². The molecule has 7 aliphatic rings. The number of pyridine rings is 2. The lowest BCUT2D eigenvalue weighted by atomic mass is 9.62. The summed E-state index contributed by atoms with van der Waals surface area (Å²) in [6.07, 6.45) is 17.8. The van der Waals surface area contributed by atoms with Crippen molar-refractivity contribution in [2.45, 2.75) is 152 Å². The second kappa shape index (κ2) is 45.2. The van der Waals surface area contributed by atoms with Crippen LogP contribution in [0.4, 0.5) is 0 Å². The second-order valence-electron chi connectivity index (χ2n) is 31.9. The van der Waals surface area contributed by atoms with Crippen molar-refractivity contribution in [2.24, 2.45) is 0 Å². The van der Waals surface area contributed by atoms with Gasteiger partial charge in [0.15, 0.2) is 12.4 Å². The molecule has 128 heavy (non-hydrogen) atoms. The Balaban J connectivity index is 0.000000121. The molecule has 14 nitrogen and oxygen atoms in total. The van der Waals surface area contributed by atoms with Crippen LogP contribution in [0.5, 0.6) is 17.2 Å². The van der Waals surface area contributed by atoms with E-state index in [9.17, 15) is 47.8 Å². The van der Waals surface area contributed by atoms with Crippen molar-refractivity contribution in [1.82, 2.24) is 4.98 Å². The minimum Gasteiger partial charge on any atom is -0.489 e. The van der Waals surface area contributed by atoms with Crippen molar-refractivity contribution in [3.8, 4) is 17.2 Å². The van der Waals surface area contributed by atoms with Crippen LogP contribution in [0, 0.1) is 6.92 Å². The minimum absolute atomic E-state index is 0. The number of ether oxygens (including phenoxy) is 2. The lowest BCUT2D eigenvalue weighted by molar-refractivity contribution is -0.378. The van der Waals surface area contributed by atoms with Crippen LogP contribution in [0.1, 0.15) is 50.1 Å². The Labute approximate surface area is 788 Å². The summed E-state index contributed by atoms with van der Waals surface area (Å²) in [5.41, 5.74) is 17.8. The molecule has 21 rings (SSSR count). The number of aromatic amines is 1. The van der Waals surface area contributed by atoms with E-state index in [0.29, 0.717) is 23.0 Å². The summed E-state index contributed by atoms with van der Waals surface area (Å²) in [5, 5.41) is 72.0. The second-order valence-corrected chi connectivity index (χ2v) is 40.0. The predicted molar refractivity (Wildman–Crippen MR) is 531 cm³/mol. The van der Waals surface area contributed by atoms with Gasteiger partial charge < -0.3 is 44.6 Å². The zero-order valence-corrected chi connectivity index (χ0v) is 77.4. The van der Waals surface area contributed by atoms with Gasteiger partial charge in [-0.1, -0.05) is 224 Å². The van der Waals surface area contributed by atoms with E-state index in [0.717, 1.165) is 190 Å². The van der Waals surface area contributed by atoms with Crippen LogP contribution < -0.4 is 52.7 Å². The Hall–Kier alpha value is -8.98. The molecule has 9 heterocycles. The Morgan fingerprint density at radius 1 is 0.383 bits per heavy atom. The fraction of sp³-hybridized carbons (Fsp3) is 0.163. The maximum absolute atomic E-state index is 12.5. The van der Waals surface area contributed by atoms with Gasteiger partial charge in [0.2, 0.25) is 9.84 Å². The number of nitrogens with one attached hydrogen (secondary N) is 1. The quantitative estimate of drug-likeness (QED) is 0.0472. The van der Waals surface area contributed by atoms with Crippen LogP contribution in [0.3, 0.4) is 0 Å². The summed E-state index contributed by atoms with van der Waals surface area (Å²) in [4.78, 5) is 15.0. The molecule has 0 spiro atoms. The molecule has 0 bridgehead atoms. The molecule has 0 fully saturated rings. The molecule has 14 aromatic rings. The summed E-state index contributed by atoms with van der Waals surface area (Å²) in [5.74, 6) is 2.44. The summed E-state index contributed by atoms with van der Waals surface area (Å²) in [6, 6.07) is 90.6. The highest BCUT2D eigenvalue weighted by Gasteiger charge is 2.33. The average Bonchev–Trinajstić information content (AvgIpc) is 1.38. The number of aryl methyl sites for hydroxylation is 8. The van der Waals surface area contributed by atoms with Crippen LogP contribution in [-0.4, -0.2) is 101 Å². The van der Waals surface area contributed by atoms with Gasteiger partial charge in [-0.3, -0.25) is 0 Å². The highest BCUT2D eigenvalue weighted by molar-refractivity contribution is 8.00. The zero-order chi connectivity index (χ0) is 88.5. The Bertz CT molecular complexity index is 6070. The normalized spacial score (nSPS) is 13.9. The molecule has 8 N–H and O–H groups in total. The van der Waals surface area contributed by atoms with Crippen molar-refractivity contribution in [2.75, 3.05) is 0 Å². The topological polar surface area (TPSA) is 238 Å². The van der Waals surface area contributed by atoms with Crippen molar-refractivity contribution >= 4 is 190 Å². The van der Waals surface area contributed by atoms with Crippen LogP contribution >= 0.6 is 82.5 Å². The van der Waals surface area contributed by atoms with Crippen LogP contribution in [0.2, 0.25) is 59.3 Å². The standard InChI is InChI=1S/2C15H15BO2.C14H12BClO3S.C14H12BClO2S.C14H12BClOS.2C13H12BNOS.ClH/c1-11-2-5-13(6-3-11)18-14-7-4-12-8-9-16(17)15(12)10-14;17-16-10-9-13-7-4-8-14(15(13)16)18-11-12-5-2-1-3-6-12;16-11-2-5-12(6-3-11)20(18,19)13-4-1-10-7-8-15(17)14(10)9-13;16-11-2-5-12(6-3-11)19(18)13-4-1-10-7-8-15(17)14(10)9-13;16-11-2-5-12(6-3-11)18-13-4-1-10-7-8-15(17)14(10)9-13;16-14-6-3-10-1-2-12(9-13(10)14)17-11-4-7-15-8-5-11;16-14-7-6-10-4-5-11(9-12(10)14)17-13-3-1-2-8-15-13;/h2-7,10,17H,8-9H2,1H3;1-8,17H,9-11H2;1-6,9,17H,7-8H2;1-6,9,17H,7-8H2;1-6,9,17H,7-8H2;1-2,4-5,7-9,16H,3,6H2;1-5,8-9,16H,6-7H2;1H/p+1. The van der Waals surface area contributed by atoms with Crippen molar-refractivity contribution in [1.29, 1.82) is 0 Å². The summed E-state index contributed by atoms with van der Waals surface area (Å²) >= 11 is 22.5. The Kier molecular flexibility index (Phi) is 33.6. The highest BCUT2D eigenvalue weighted by atomic mass is 35.5. The number of hydrogen-bond acceptors (Lipinski definition) is 16. The fourth-order valence-corrected chi connectivity index (χ4v) is 21.6. The molecule has 1 atom stereocenters. The van der Waals surface area contributed by atoms with Gasteiger partial charge in [-0.2, -0.15) is 0 Å². The van der Waals surface area contributed by atoms with Gasteiger partial charge in [0.25, 0.3) is 0 Å². The first kappa shape index (κ1) is 95.1. The number of sulfone groups is 1. The number of aromatic nitrogens is 2. The molecule has 644 valence electrons. The van der Waals surface area contributed by atoms with E-state index in [4.69, 9.17) is 44.3 Å². The lowest BCUT2D eigenvalue weighted by Gasteiger charge is -2.12. The number of halogens is 4. The monoisotopic (exact) mass is 1870 g/mol. The van der Waals surface area contributed by atoms with E-state index < -0.39 is 34.5 Å². The first-order valence-corrected chi connectivity index (χ1v) is 48.7. The van der Waals surface area contributed by atoms with Crippen LogP contribution in [0.25, 0.3) is 0 Å². The molecule has 0 radical (unpaired) electrons. The Morgan fingerprint density at radius 2 is 0.789 bits per heavy atom. The predicted octanol–water partition coefficient (Wildman–Crippen LogP) is 15.8. The smallest absolute Gasteiger partial charge is 0.328 e. The lowest BCUT2D eigenvalue weighted by Crippen LogP contribution is -2.28. The molecule has 12 aromatic carbocycles. The number of rotatable bonds is 15. The van der Waals surface area contributed by atoms with Gasteiger partial charge in [0, 0.05) is 67.7 Å². The third-order valence-corrected chi connectivity index (χ3v) is 30.0. The summed E-state index contributed by atoms with van der Waals surface area (Å²) < 4.78 is 49.1. The first-order chi connectivity index (χ1) is 61.6. The van der Waals surface area contributed by atoms with Gasteiger partial charge in [0.1, 0.15) is 28.9 Å². The van der Waals surface area contributed by atoms with Crippen molar-refractivity contribution in [3.05, 3.63) is 369 Å². The zero-order valence-electron chi connectivity index (χ0n) is 70.2. The van der Waals surface area contributed by atoms with Gasteiger partial charge in [-0.05, 0) is 303 Å². The number of nitrogens with zero attached hydrogens (tertiary/aromatic N) is 1.